The summed E-state index contributed by atoms with van der Waals surface area (Å²) in [4.78, 5) is 38.2. The molecule has 6 nitrogen and oxygen atoms in total. The summed E-state index contributed by atoms with van der Waals surface area (Å²) in [6.45, 7) is 6.19. The molecule has 0 bridgehead atoms. The topological polar surface area (TPSA) is 78.9 Å². The maximum Gasteiger partial charge on any atom is 0.306 e. The van der Waals surface area contributed by atoms with Gasteiger partial charge in [-0.25, -0.2) is 0 Å². The molecule has 0 aliphatic heterocycles. The molecular weight excluding hydrogens is 889 g/mol. The number of carbonyl (C=O) groups is 3. The molecule has 0 radical (unpaired) electrons. The Hall–Kier alpha value is -5.49. The van der Waals surface area contributed by atoms with E-state index in [-0.39, 0.29) is 44.0 Å². The third-order valence-electron chi connectivity index (χ3n) is 10.9. The third kappa shape index (κ3) is 55.4. The van der Waals surface area contributed by atoms with E-state index in [0.29, 0.717) is 12.8 Å². The van der Waals surface area contributed by atoms with Crippen molar-refractivity contribution in [2.75, 3.05) is 13.2 Å². The number of ether oxygens (including phenoxy) is 3. The van der Waals surface area contributed by atoms with Crippen molar-refractivity contribution >= 4 is 17.9 Å². The first-order chi connectivity index (χ1) is 35.5. The Labute approximate surface area is 440 Å². The Morgan fingerprint density at radius 2 is 0.611 bits per heavy atom. The van der Waals surface area contributed by atoms with Crippen molar-refractivity contribution in [1.82, 2.24) is 0 Å². The second-order valence-corrected chi connectivity index (χ2v) is 17.6. The number of hydrogen-bond donors (Lipinski definition) is 0. The lowest BCUT2D eigenvalue weighted by atomic mass is 10.1. The van der Waals surface area contributed by atoms with Gasteiger partial charge in [0.1, 0.15) is 13.2 Å². The smallest absolute Gasteiger partial charge is 0.306 e. The highest BCUT2D eigenvalue weighted by molar-refractivity contribution is 5.71. The van der Waals surface area contributed by atoms with Gasteiger partial charge < -0.3 is 14.2 Å². The summed E-state index contributed by atoms with van der Waals surface area (Å²) < 4.78 is 16.8. The summed E-state index contributed by atoms with van der Waals surface area (Å²) in [7, 11) is 0. The van der Waals surface area contributed by atoms with Crippen molar-refractivity contribution in [3.63, 3.8) is 0 Å². The van der Waals surface area contributed by atoms with Gasteiger partial charge in [-0.15, -0.1) is 0 Å². The Bertz CT molecular complexity index is 1750. The standard InChI is InChI=1S/C66H98O6/c1-4-7-10-13-16-19-22-25-28-31-33-36-38-41-44-47-50-53-56-59-65(68)71-62-63(61-70-64(67)58-55-52-49-46-43-40-37-34-30-27-24-21-18-15-12-9-6-3)72-66(69)60-57-54-51-48-45-42-39-35-32-29-26-23-20-17-14-11-8-5-2/h7,9-12,14-21,23-30,32-37,39-40,43,63H,4-6,8,13,22,31,38,41-42,44-62H2,1-3H3/b10-7-,12-9-,14-11-,18-15-,19-16-,20-17-,24-21-,26-23-,28-25-,30-27-,32-29-,36-33-,37-34+,39-35-,43-40-. The number of esters is 3. The predicted octanol–water partition coefficient (Wildman–Crippen LogP) is 18.9. The molecule has 0 N–H and O–H groups in total. The molecule has 6 heteroatoms. The van der Waals surface area contributed by atoms with Crippen molar-refractivity contribution in [1.29, 1.82) is 0 Å². The zero-order valence-corrected chi connectivity index (χ0v) is 45.4. The van der Waals surface area contributed by atoms with Gasteiger partial charge in [0, 0.05) is 19.3 Å². The van der Waals surface area contributed by atoms with E-state index in [1.54, 1.807) is 0 Å². The van der Waals surface area contributed by atoms with Crippen LogP contribution in [0.3, 0.4) is 0 Å². The van der Waals surface area contributed by atoms with Crippen molar-refractivity contribution in [3.05, 3.63) is 182 Å². The first kappa shape index (κ1) is 66.5. The predicted molar refractivity (Wildman–Crippen MR) is 311 cm³/mol. The van der Waals surface area contributed by atoms with E-state index in [2.05, 4.69) is 106 Å². The lowest BCUT2D eigenvalue weighted by Gasteiger charge is -2.18. The molecule has 0 aromatic rings. The average Bonchev–Trinajstić information content (AvgIpc) is 3.38. The van der Waals surface area contributed by atoms with Gasteiger partial charge in [0.15, 0.2) is 6.10 Å². The normalized spacial score (nSPS) is 13.5. The zero-order chi connectivity index (χ0) is 52.2. The molecule has 0 saturated carbocycles. The van der Waals surface area contributed by atoms with Crippen LogP contribution in [-0.2, 0) is 28.6 Å². The highest BCUT2D eigenvalue weighted by atomic mass is 16.6. The van der Waals surface area contributed by atoms with Crippen LogP contribution in [0.25, 0.3) is 0 Å². The van der Waals surface area contributed by atoms with Crippen LogP contribution < -0.4 is 0 Å². The number of hydrogen-bond acceptors (Lipinski definition) is 6. The molecule has 0 heterocycles. The van der Waals surface area contributed by atoms with Gasteiger partial charge in [0.05, 0.1) is 0 Å². The van der Waals surface area contributed by atoms with Gasteiger partial charge in [-0.3, -0.25) is 14.4 Å². The quantitative estimate of drug-likeness (QED) is 0.0199. The summed E-state index contributed by atoms with van der Waals surface area (Å²) in [5.74, 6) is -1.02. The van der Waals surface area contributed by atoms with E-state index >= 15 is 0 Å². The van der Waals surface area contributed by atoms with Crippen LogP contribution in [0.1, 0.15) is 194 Å². The first-order valence-electron chi connectivity index (χ1n) is 27.9. The first-order valence-corrected chi connectivity index (χ1v) is 27.9. The fourth-order valence-corrected chi connectivity index (χ4v) is 6.79. The van der Waals surface area contributed by atoms with Crippen LogP contribution in [0.5, 0.6) is 0 Å². The van der Waals surface area contributed by atoms with Gasteiger partial charge in [0.25, 0.3) is 0 Å². The average molecular weight is 988 g/mol. The maximum absolute atomic E-state index is 12.9. The van der Waals surface area contributed by atoms with E-state index in [0.717, 1.165) is 128 Å². The molecule has 0 aromatic carbocycles. The number of rotatable bonds is 47. The van der Waals surface area contributed by atoms with Crippen LogP contribution in [0.2, 0.25) is 0 Å². The number of unbranched alkanes of at least 4 members (excludes halogenated alkanes) is 15. The second-order valence-electron chi connectivity index (χ2n) is 17.6. The maximum atomic E-state index is 12.9. The van der Waals surface area contributed by atoms with E-state index in [9.17, 15) is 14.4 Å². The molecule has 1 atom stereocenters. The van der Waals surface area contributed by atoms with Crippen molar-refractivity contribution in [3.8, 4) is 0 Å². The molecule has 0 amide bonds. The summed E-state index contributed by atoms with van der Waals surface area (Å²) in [6.07, 6.45) is 87.2. The minimum Gasteiger partial charge on any atom is -0.462 e. The molecule has 0 aliphatic rings. The summed E-state index contributed by atoms with van der Waals surface area (Å²) in [5.41, 5.74) is 0. The van der Waals surface area contributed by atoms with Crippen LogP contribution in [0.15, 0.2) is 182 Å². The van der Waals surface area contributed by atoms with Crippen LogP contribution in [-0.4, -0.2) is 37.2 Å². The van der Waals surface area contributed by atoms with Crippen molar-refractivity contribution < 1.29 is 28.6 Å². The Balaban J connectivity index is 4.61. The summed E-state index contributed by atoms with van der Waals surface area (Å²) in [5, 5.41) is 0. The molecule has 0 saturated heterocycles. The fraction of sp³-hybridized carbons (Fsp3) is 0.500. The molecule has 0 rings (SSSR count). The van der Waals surface area contributed by atoms with E-state index in [4.69, 9.17) is 14.2 Å². The van der Waals surface area contributed by atoms with Gasteiger partial charge in [-0.1, -0.05) is 261 Å². The molecule has 0 fully saturated rings. The second kappa shape index (κ2) is 58.1. The largest absolute Gasteiger partial charge is 0.462 e. The molecule has 0 aromatic heterocycles. The van der Waals surface area contributed by atoms with E-state index in [1.165, 1.54) is 19.3 Å². The highest BCUT2D eigenvalue weighted by Gasteiger charge is 2.19. The van der Waals surface area contributed by atoms with Crippen LogP contribution in [0.4, 0.5) is 0 Å². The van der Waals surface area contributed by atoms with Gasteiger partial charge >= 0.3 is 17.9 Å². The summed E-state index contributed by atoms with van der Waals surface area (Å²) >= 11 is 0. The van der Waals surface area contributed by atoms with Crippen molar-refractivity contribution in [2.24, 2.45) is 0 Å². The van der Waals surface area contributed by atoms with Gasteiger partial charge in [-0.05, 0) is 96.3 Å². The van der Waals surface area contributed by atoms with E-state index < -0.39 is 6.10 Å². The van der Waals surface area contributed by atoms with Gasteiger partial charge in [0.2, 0.25) is 0 Å². The van der Waals surface area contributed by atoms with Gasteiger partial charge in [-0.2, -0.15) is 0 Å². The fourth-order valence-electron chi connectivity index (χ4n) is 6.79. The third-order valence-corrected chi connectivity index (χ3v) is 10.9. The Morgan fingerprint density at radius 3 is 1.03 bits per heavy atom. The Morgan fingerprint density at radius 1 is 0.306 bits per heavy atom. The zero-order valence-electron chi connectivity index (χ0n) is 45.4. The lowest BCUT2D eigenvalue weighted by Crippen LogP contribution is -2.30. The molecule has 398 valence electrons. The minimum atomic E-state index is -0.829. The molecule has 72 heavy (non-hydrogen) atoms. The SMILES string of the molecule is CC\C=C/C=C\C=C/C=C\C=C\C=C/CCCCCC(=O)OCC(COC(=O)CCCCCCCC/C=C\C/C=C\C/C=C\C/C=C\CC)OC(=O)CCCCCCC\C=C/C=C\C=C/C=C\C=C/CCC. The number of carbonyl (C=O) groups excluding carboxylic acids is 3. The molecule has 1 unspecified atom stereocenters. The minimum absolute atomic E-state index is 0.122. The number of allylic oxidation sites excluding steroid dienone is 30. The molecular formula is C66H98O6. The van der Waals surface area contributed by atoms with E-state index in [1.807, 2.05) is 97.2 Å². The van der Waals surface area contributed by atoms with Crippen molar-refractivity contribution in [2.45, 2.75) is 200 Å². The summed E-state index contributed by atoms with van der Waals surface area (Å²) in [6, 6.07) is 0. The monoisotopic (exact) mass is 987 g/mol. The highest BCUT2D eigenvalue weighted by Crippen LogP contribution is 2.13. The lowest BCUT2D eigenvalue weighted by molar-refractivity contribution is -0.167. The van der Waals surface area contributed by atoms with Crippen LogP contribution >= 0.6 is 0 Å². The van der Waals surface area contributed by atoms with Crippen LogP contribution in [0, 0.1) is 0 Å². The molecule has 0 spiro atoms. The Kier molecular flexibility index (Phi) is 53.7. The molecule has 0 aliphatic carbocycles.